The van der Waals surface area contributed by atoms with Crippen LogP contribution >= 0.6 is 45.2 Å². The average Bonchev–Trinajstić information content (AvgIpc) is 2.41. The molecule has 0 heterocycles. The third-order valence-electron chi connectivity index (χ3n) is 2.04. The van der Waals surface area contributed by atoms with Crippen molar-refractivity contribution in [1.82, 2.24) is 0 Å². The molecule has 0 amide bonds. The van der Waals surface area contributed by atoms with E-state index in [2.05, 4.69) is 55.2 Å². The molecule has 1 atom stereocenters. The molecule has 0 aliphatic carbocycles. The van der Waals surface area contributed by atoms with Crippen molar-refractivity contribution in [3.05, 3.63) is 40.3 Å². The number of hydrogen-bond donors (Lipinski definition) is 0. The van der Waals surface area contributed by atoms with Crippen LogP contribution < -0.4 is 0 Å². The number of nitrogens with zero attached hydrogens (tertiary/aromatic N) is 3. The Morgan fingerprint density at radius 3 is 2.50 bits per heavy atom. The minimum atomic E-state index is -0.169. The molecule has 1 aromatic carbocycles. The van der Waals surface area contributed by atoms with Gasteiger partial charge in [-0.05, 0) is 11.1 Å². The highest BCUT2D eigenvalue weighted by Gasteiger charge is 2.07. The summed E-state index contributed by atoms with van der Waals surface area (Å²) in [5.74, 6) is 0. The van der Waals surface area contributed by atoms with Crippen molar-refractivity contribution in [3.8, 4) is 0 Å². The fourth-order valence-electron chi connectivity index (χ4n) is 1.21. The van der Waals surface area contributed by atoms with Crippen LogP contribution in [0.4, 0.5) is 5.69 Å². The van der Waals surface area contributed by atoms with Crippen LogP contribution in [0.15, 0.2) is 29.4 Å². The van der Waals surface area contributed by atoms with Gasteiger partial charge in [-0.2, -0.15) is 0 Å². The van der Waals surface area contributed by atoms with E-state index >= 15 is 0 Å². The van der Waals surface area contributed by atoms with E-state index in [0.29, 0.717) is 18.9 Å². The Labute approximate surface area is 133 Å². The molecule has 0 spiro atoms. The van der Waals surface area contributed by atoms with Gasteiger partial charge in [0.15, 0.2) is 6.29 Å². The molecular formula is C11H13I2N3O2. The number of hydrogen-bond acceptors (Lipinski definition) is 3. The zero-order valence-electron chi connectivity index (χ0n) is 9.63. The summed E-state index contributed by atoms with van der Waals surface area (Å²) in [5, 5.41) is 3.51. The number of benzene rings is 1. The topological polar surface area (TPSA) is 67.2 Å². The van der Waals surface area contributed by atoms with Crippen LogP contribution in [0.3, 0.4) is 0 Å². The molecule has 0 saturated carbocycles. The Kier molecular flexibility index (Phi) is 8.68. The van der Waals surface area contributed by atoms with E-state index < -0.39 is 0 Å². The van der Waals surface area contributed by atoms with E-state index in [-0.39, 0.29) is 6.29 Å². The molecule has 0 aliphatic rings. The molecular weight excluding hydrogens is 460 g/mol. The van der Waals surface area contributed by atoms with Crippen LogP contribution in [0.2, 0.25) is 0 Å². The molecule has 1 rings (SSSR count). The van der Waals surface area contributed by atoms with E-state index in [4.69, 9.17) is 15.0 Å². The first-order valence-electron chi connectivity index (χ1n) is 5.29. The summed E-state index contributed by atoms with van der Waals surface area (Å²) in [6, 6.07) is 7.30. The van der Waals surface area contributed by atoms with Gasteiger partial charge < -0.3 is 9.47 Å². The van der Waals surface area contributed by atoms with E-state index in [9.17, 15) is 0 Å². The highest BCUT2D eigenvalue weighted by Crippen LogP contribution is 2.14. The second-order valence-electron chi connectivity index (χ2n) is 3.31. The third-order valence-corrected chi connectivity index (χ3v) is 3.20. The molecule has 98 valence electrons. The highest BCUT2D eigenvalue weighted by molar-refractivity contribution is 14.1. The minimum absolute atomic E-state index is 0.169. The van der Waals surface area contributed by atoms with Crippen molar-refractivity contribution in [2.24, 2.45) is 5.11 Å². The van der Waals surface area contributed by atoms with Gasteiger partial charge in [0, 0.05) is 15.0 Å². The zero-order valence-corrected chi connectivity index (χ0v) is 13.9. The first kappa shape index (κ1) is 16.0. The maximum atomic E-state index is 8.30. The van der Waals surface area contributed by atoms with Crippen LogP contribution in [0.1, 0.15) is 5.56 Å². The van der Waals surface area contributed by atoms with Crippen LogP contribution in [0.5, 0.6) is 0 Å². The van der Waals surface area contributed by atoms with E-state index in [1.807, 2.05) is 12.1 Å². The van der Waals surface area contributed by atoms with Gasteiger partial charge in [-0.3, -0.25) is 0 Å². The Balaban J connectivity index is 2.44. The largest absolute Gasteiger partial charge is 0.351 e. The van der Waals surface area contributed by atoms with Crippen LogP contribution in [-0.2, 0) is 16.1 Å². The molecule has 0 aliphatic heterocycles. The normalized spacial score (nSPS) is 11.9. The molecule has 1 aromatic rings. The summed E-state index contributed by atoms with van der Waals surface area (Å²) in [6.45, 7) is 1.19. The van der Waals surface area contributed by atoms with Crippen LogP contribution in [0.25, 0.3) is 10.4 Å². The van der Waals surface area contributed by atoms with Crippen molar-refractivity contribution in [3.63, 3.8) is 0 Å². The van der Waals surface area contributed by atoms with Crippen molar-refractivity contribution in [1.29, 1.82) is 0 Å². The maximum Gasteiger partial charge on any atom is 0.166 e. The summed E-state index contributed by atoms with van der Waals surface area (Å²) in [6.07, 6.45) is -0.169. The summed E-state index contributed by atoms with van der Waals surface area (Å²) in [7, 11) is 0. The summed E-state index contributed by atoms with van der Waals surface area (Å²) in [4.78, 5) is 2.73. The monoisotopic (exact) mass is 473 g/mol. The van der Waals surface area contributed by atoms with E-state index in [0.717, 1.165) is 14.4 Å². The van der Waals surface area contributed by atoms with Gasteiger partial charge in [-0.25, -0.2) is 0 Å². The Morgan fingerprint density at radius 2 is 1.94 bits per heavy atom. The number of ether oxygens (including phenoxy) is 2. The lowest BCUT2D eigenvalue weighted by atomic mass is 10.2. The molecule has 7 heteroatoms. The SMILES string of the molecule is [N-]=[N+]=Nc1ccc(COC(CI)OCCI)cc1. The number of halogens is 2. The van der Waals surface area contributed by atoms with Crippen molar-refractivity contribution in [2.75, 3.05) is 15.5 Å². The fraction of sp³-hybridized carbons (Fsp3) is 0.455. The highest BCUT2D eigenvalue weighted by atomic mass is 127. The molecule has 18 heavy (non-hydrogen) atoms. The van der Waals surface area contributed by atoms with E-state index in [1.165, 1.54) is 0 Å². The van der Waals surface area contributed by atoms with Crippen molar-refractivity contribution >= 4 is 50.9 Å². The zero-order chi connectivity index (χ0) is 13.2. The Hall–Kier alpha value is -0.0900. The first-order valence-corrected chi connectivity index (χ1v) is 8.34. The van der Waals surface area contributed by atoms with Crippen LogP contribution in [-0.4, -0.2) is 21.8 Å². The molecule has 0 fully saturated rings. The maximum absolute atomic E-state index is 8.30. The number of alkyl halides is 2. The Morgan fingerprint density at radius 1 is 1.22 bits per heavy atom. The van der Waals surface area contributed by atoms with E-state index in [1.54, 1.807) is 12.1 Å². The summed E-state index contributed by atoms with van der Waals surface area (Å²) in [5.41, 5.74) is 9.93. The average molecular weight is 473 g/mol. The van der Waals surface area contributed by atoms with Crippen molar-refractivity contribution < 1.29 is 9.47 Å². The van der Waals surface area contributed by atoms with Gasteiger partial charge in [0.2, 0.25) is 0 Å². The molecule has 0 bridgehead atoms. The predicted molar refractivity (Wildman–Crippen MR) is 87.6 cm³/mol. The second kappa shape index (κ2) is 9.79. The molecule has 1 unspecified atom stereocenters. The van der Waals surface area contributed by atoms with Gasteiger partial charge in [-0.1, -0.05) is 74.6 Å². The Bertz CT molecular complexity index is 394. The quantitative estimate of drug-likeness (QED) is 0.141. The van der Waals surface area contributed by atoms with Gasteiger partial charge >= 0.3 is 0 Å². The lowest BCUT2D eigenvalue weighted by Gasteiger charge is -2.15. The molecule has 0 saturated heterocycles. The first-order chi connectivity index (χ1) is 8.80. The number of rotatable bonds is 8. The van der Waals surface area contributed by atoms with Gasteiger partial charge in [0.25, 0.3) is 0 Å². The lowest BCUT2D eigenvalue weighted by molar-refractivity contribution is -0.128. The fourth-order valence-corrected chi connectivity index (χ4v) is 1.98. The summed E-state index contributed by atoms with van der Waals surface area (Å²) >= 11 is 4.51. The smallest absolute Gasteiger partial charge is 0.166 e. The summed E-state index contributed by atoms with van der Waals surface area (Å²) < 4.78 is 12.9. The molecule has 0 aromatic heterocycles. The molecule has 0 N–H and O–H groups in total. The standard InChI is InChI=1S/C11H13I2N3O2/c12-5-6-17-11(7-13)18-8-9-1-3-10(4-2-9)15-16-14/h1-4,11H,5-8H2. The van der Waals surface area contributed by atoms with Gasteiger partial charge in [0.05, 0.1) is 17.6 Å². The third kappa shape index (κ3) is 6.19. The minimum Gasteiger partial charge on any atom is -0.351 e. The predicted octanol–water partition coefficient (Wildman–Crippen LogP) is 4.36. The molecule has 5 nitrogen and oxygen atoms in total. The molecule has 0 radical (unpaired) electrons. The second-order valence-corrected chi connectivity index (χ2v) is 5.27. The van der Waals surface area contributed by atoms with Crippen molar-refractivity contribution in [2.45, 2.75) is 12.9 Å². The van der Waals surface area contributed by atoms with Gasteiger partial charge in [0.1, 0.15) is 0 Å². The van der Waals surface area contributed by atoms with Gasteiger partial charge in [-0.15, -0.1) is 0 Å². The number of azide groups is 1. The van der Waals surface area contributed by atoms with Crippen LogP contribution in [0, 0.1) is 0 Å². The lowest BCUT2D eigenvalue weighted by Crippen LogP contribution is -2.19.